The van der Waals surface area contributed by atoms with Crippen LogP contribution in [-0.2, 0) is 6.42 Å². The topological polar surface area (TPSA) is 40.5 Å². The van der Waals surface area contributed by atoms with Crippen molar-refractivity contribution in [2.24, 2.45) is 0 Å². The van der Waals surface area contributed by atoms with Crippen LogP contribution < -0.4 is 0 Å². The van der Waals surface area contributed by atoms with Gasteiger partial charge < -0.3 is 10.2 Å². The number of benzene rings is 1. The molecule has 0 saturated heterocycles. The largest absolute Gasteiger partial charge is 0.507 e. The van der Waals surface area contributed by atoms with E-state index in [0.29, 0.717) is 17.0 Å². The lowest BCUT2D eigenvalue weighted by molar-refractivity contribution is 0.297. The van der Waals surface area contributed by atoms with E-state index in [2.05, 4.69) is 0 Å². The monoisotopic (exact) mass is 186 g/mol. The lowest BCUT2D eigenvalue weighted by Gasteiger charge is -2.07. The molecule has 0 aromatic heterocycles. The first kappa shape index (κ1) is 9.36. The molecule has 0 radical (unpaired) electrons. The number of hydrogen-bond donors (Lipinski definition) is 2. The number of hydrogen-bond acceptors (Lipinski definition) is 2. The van der Waals surface area contributed by atoms with Gasteiger partial charge in [0, 0.05) is 23.6 Å². The smallest absolute Gasteiger partial charge is 0.123 e. The molecule has 0 saturated carbocycles. The van der Waals surface area contributed by atoms with Gasteiger partial charge in [-0.25, -0.2) is 0 Å². The Morgan fingerprint density at radius 3 is 2.67 bits per heavy atom. The number of phenolic OH excluding ortho intramolecular Hbond substituents is 1. The van der Waals surface area contributed by atoms with Crippen molar-refractivity contribution >= 4 is 11.6 Å². The Morgan fingerprint density at radius 1 is 1.42 bits per heavy atom. The lowest BCUT2D eigenvalue weighted by Crippen LogP contribution is -1.93. The zero-order valence-electron chi connectivity index (χ0n) is 6.84. The molecule has 0 aliphatic rings. The second-order valence-electron chi connectivity index (χ2n) is 2.67. The molecule has 0 aliphatic heterocycles. The molecule has 2 nitrogen and oxygen atoms in total. The molecular formula is C9H11ClO2. The average molecular weight is 187 g/mol. The Morgan fingerprint density at radius 2 is 2.08 bits per heavy atom. The van der Waals surface area contributed by atoms with E-state index in [0.717, 1.165) is 5.56 Å². The van der Waals surface area contributed by atoms with Gasteiger partial charge in [0.15, 0.2) is 0 Å². The first-order valence-electron chi connectivity index (χ1n) is 3.74. The molecule has 66 valence electrons. The molecule has 1 aromatic rings. The zero-order valence-corrected chi connectivity index (χ0v) is 7.60. The fourth-order valence-corrected chi connectivity index (χ4v) is 1.33. The lowest BCUT2D eigenvalue weighted by atomic mass is 10.1. The van der Waals surface area contributed by atoms with Gasteiger partial charge in [-0.1, -0.05) is 17.7 Å². The van der Waals surface area contributed by atoms with Gasteiger partial charge in [0.2, 0.25) is 0 Å². The van der Waals surface area contributed by atoms with Crippen LogP contribution in [0, 0.1) is 6.92 Å². The Kier molecular flexibility index (Phi) is 2.95. The summed E-state index contributed by atoms with van der Waals surface area (Å²) in [5.74, 6) is 0.191. The van der Waals surface area contributed by atoms with E-state index in [1.165, 1.54) is 0 Å². The SMILES string of the molecule is Cc1ccc(Cl)c(CCO)c1O. The predicted molar refractivity (Wildman–Crippen MR) is 48.6 cm³/mol. The Hall–Kier alpha value is -0.730. The first-order valence-corrected chi connectivity index (χ1v) is 4.12. The molecule has 12 heavy (non-hydrogen) atoms. The highest BCUT2D eigenvalue weighted by atomic mass is 35.5. The average Bonchev–Trinajstić information content (AvgIpc) is 2.06. The van der Waals surface area contributed by atoms with Gasteiger partial charge in [-0.05, 0) is 18.6 Å². The van der Waals surface area contributed by atoms with E-state index in [9.17, 15) is 5.11 Å². The number of phenols is 1. The maximum absolute atomic E-state index is 9.51. The van der Waals surface area contributed by atoms with Crippen molar-refractivity contribution in [2.75, 3.05) is 6.61 Å². The molecular weight excluding hydrogens is 176 g/mol. The van der Waals surface area contributed by atoms with Crippen LogP contribution in [0.1, 0.15) is 11.1 Å². The summed E-state index contributed by atoms with van der Waals surface area (Å²) < 4.78 is 0. The number of aliphatic hydroxyl groups is 1. The zero-order chi connectivity index (χ0) is 9.14. The standard InChI is InChI=1S/C9H11ClO2/c1-6-2-3-8(10)7(4-5-11)9(6)12/h2-3,11-12H,4-5H2,1H3. The van der Waals surface area contributed by atoms with Crippen LogP contribution in [0.25, 0.3) is 0 Å². The maximum atomic E-state index is 9.51. The predicted octanol–water partition coefficient (Wildman–Crippen LogP) is 1.89. The second-order valence-corrected chi connectivity index (χ2v) is 3.07. The van der Waals surface area contributed by atoms with E-state index < -0.39 is 0 Å². The van der Waals surface area contributed by atoms with E-state index >= 15 is 0 Å². The number of halogens is 1. The number of aryl methyl sites for hydroxylation is 1. The fraction of sp³-hybridized carbons (Fsp3) is 0.333. The summed E-state index contributed by atoms with van der Waals surface area (Å²) in [6.07, 6.45) is 0.395. The summed E-state index contributed by atoms with van der Waals surface area (Å²) in [6, 6.07) is 3.47. The Bertz CT molecular complexity index is 284. The molecule has 1 rings (SSSR count). The van der Waals surface area contributed by atoms with E-state index in [4.69, 9.17) is 16.7 Å². The van der Waals surface area contributed by atoms with Crippen molar-refractivity contribution in [1.82, 2.24) is 0 Å². The third-order valence-corrected chi connectivity index (χ3v) is 2.14. The van der Waals surface area contributed by atoms with Crippen molar-refractivity contribution < 1.29 is 10.2 Å². The Balaban J connectivity index is 3.14. The quantitative estimate of drug-likeness (QED) is 0.741. The first-order chi connectivity index (χ1) is 5.66. The van der Waals surface area contributed by atoms with Gasteiger partial charge >= 0.3 is 0 Å². The molecule has 3 heteroatoms. The molecule has 0 bridgehead atoms. The van der Waals surface area contributed by atoms with Gasteiger partial charge in [-0.3, -0.25) is 0 Å². The van der Waals surface area contributed by atoms with Crippen LogP contribution in [0.5, 0.6) is 5.75 Å². The molecule has 0 heterocycles. The summed E-state index contributed by atoms with van der Waals surface area (Å²) in [6.45, 7) is 1.79. The summed E-state index contributed by atoms with van der Waals surface area (Å²) in [7, 11) is 0. The minimum absolute atomic E-state index is 0.00324. The molecule has 0 amide bonds. The van der Waals surface area contributed by atoms with Crippen molar-refractivity contribution in [3.63, 3.8) is 0 Å². The molecule has 0 fully saturated rings. The van der Waals surface area contributed by atoms with Crippen LogP contribution in [0.2, 0.25) is 5.02 Å². The highest BCUT2D eigenvalue weighted by molar-refractivity contribution is 6.31. The van der Waals surface area contributed by atoms with E-state index in [1.807, 2.05) is 0 Å². The number of aliphatic hydroxyl groups excluding tert-OH is 1. The summed E-state index contributed by atoms with van der Waals surface area (Å²) in [4.78, 5) is 0. The van der Waals surface area contributed by atoms with E-state index in [-0.39, 0.29) is 12.4 Å². The molecule has 0 atom stereocenters. The van der Waals surface area contributed by atoms with Crippen molar-refractivity contribution in [3.05, 3.63) is 28.3 Å². The number of aromatic hydroxyl groups is 1. The molecule has 0 unspecified atom stereocenters. The Labute approximate surface area is 76.4 Å². The van der Waals surface area contributed by atoms with Crippen LogP contribution >= 0.6 is 11.6 Å². The summed E-state index contributed by atoms with van der Waals surface area (Å²) in [5.41, 5.74) is 1.40. The van der Waals surface area contributed by atoms with Crippen LogP contribution in [0.3, 0.4) is 0 Å². The third kappa shape index (κ3) is 1.71. The molecule has 1 aromatic carbocycles. The molecule has 0 aliphatic carbocycles. The van der Waals surface area contributed by atoms with Gasteiger partial charge in [0.05, 0.1) is 0 Å². The summed E-state index contributed by atoms with van der Waals surface area (Å²) >= 11 is 5.81. The minimum atomic E-state index is -0.00324. The van der Waals surface area contributed by atoms with Crippen molar-refractivity contribution in [2.45, 2.75) is 13.3 Å². The van der Waals surface area contributed by atoms with Crippen molar-refractivity contribution in [3.8, 4) is 5.75 Å². The molecule has 2 N–H and O–H groups in total. The van der Waals surface area contributed by atoms with Gasteiger partial charge in [-0.2, -0.15) is 0 Å². The second kappa shape index (κ2) is 3.78. The van der Waals surface area contributed by atoms with Crippen LogP contribution in [0.15, 0.2) is 12.1 Å². The van der Waals surface area contributed by atoms with E-state index in [1.54, 1.807) is 19.1 Å². The number of rotatable bonds is 2. The third-order valence-electron chi connectivity index (χ3n) is 1.79. The van der Waals surface area contributed by atoms with Crippen molar-refractivity contribution in [1.29, 1.82) is 0 Å². The minimum Gasteiger partial charge on any atom is -0.507 e. The van der Waals surface area contributed by atoms with Crippen LogP contribution in [0.4, 0.5) is 0 Å². The summed E-state index contributed by atoms with van der Waals surface area (Å²) in [5, 5.41) is 18.7. The maximum Gasteiger partial charge on any atom is 0.123 e. The van der Waals surface area contributed by atoms with Gasteiger partial charge in [0.25, 0.3) is 0 Å². The molecule has 0 spiro atoms. The van der Waals surface area contributed by atoms with Gasteiger partial charge in [-0.15, -0.1) is 0 Å². The normalized spacial score (nSPS) is 10.2. The highest BCUT2D eigenvalue weighted by Gasteiger charge is 2.07. The fourth-order valence-electron chi connectivity index (χ4n) is 1.08. The van der Waals surface area contributed by atoms with Gasteiger partial charge in [0.1, 0.15) is 5.75 Å². The van der Waals surface area contributed by atoms with Crippen LogP contribution in [-0.4, -0.2) is 16.8 Å². The highest BCUT2D eigenvalue weighted by Crippen LogP contribution is 2.28.